The Labute approximate surface area is 254 Å². The van der Waals surface area contributed by atoms with Crippen molar-refractivity contribution in [1.82, 2.24) is 4.57 Å². The summed E-state index contributed by atoms with van der Waals surface area (Å²) in [7, 11) is 0. The van der Waals surface area contributed by atoms with Gasteiger partial charge in [-0.25, -0.2) is 14.6 Å². The number of ether oxygens (including phenoxy) is 4. The van der Waals surface area contributed by atoms with Crippen LogP contribution in [-0.2, 0) is 14.3 Å². The van der Waals surface area contributed by atoms with E-state index in [2.05, 4.69) is 20.9 Å². The molecule has 0 aliphatic carbocycles. The van der Waals surface area contributed by atoms with E-state index in [0.29, 0.717) is 48.7 Å². The fourth-order valence-corrected chi connectivity index (χ4v) is 6.13. The highest BCUT2D eigenvalue weighted by Crippen LogP contribution is 2.38. The number of carboxylic acids is 1. The lowest BCUT2D eigenvalue weighted by Gasteiger charge is -2.26. The Morgan fingerprint density at radius 2 is 1.88 bits per heavy atom. The summed E-state index contributed by atoms with van der Waals surface area (Å²) in [6, 6.07) is 9.86. The SMILES string of the molecule is CCOC(=O)C1=C(C)N=c2s/c(=C/c3cc(Br)c(OCC(=O)O)c(OCC)c3)c(=O)n2[C@H]1c1ccccc1OC(C)C. The predicted molar refractivity (Wildman–Crippen MR) is 161 cm³/mol. The molecule has 0 unspecified atom stereocenters. The Hall–Kier alpha value is -3.90. The van der Waals surface area contributed by atoms with Gasteiger partial charge in [-0.2, -0.15) is 0 Å². The number of aliphatic carboxylic acids is 1. The molecule has 0 saturated heterocycles. The van der Waals surface area contributed by atoms with Crippen LogP contribution in [0.3, 0.4) is 0 Å². The van der Waals surface area contributed by atoms with E-state index in [4.69, 9.17) is 24.1 Å². The Bertz CT molecular complexity index is 1720. The minimum atomic E-state index is -1.12. The number of esters is 1. The first kappa shape index (κ1) is 31.0. The van der Waals surface area contributed by atoms with E-state index in [9.17, 15) is 14.4 Å². The van der Waals surface area contributed by atoms with Crippen LogP contribution in [0.5, 0.6) is 17.2 Å². The van der Waals surface area contributed by atoms with Crippen molar-refractivity contribution in [2.45, 2.75) is 46.8 Å². The lowest BCUT2D eigenvalue weighted by atomic mass is 9.95. The van der Waals surface area contributed by atoms with Crippen LogP contribution < -0.4 is 29.1 Å². The van der Waals surface area contributed by atoms with Crippen LogP contribution in [-0.4, -0.2) is 47.5 Å². The zero-order valence-electron chi connectivity index (χ0n) is 23.8. The summed E-state index contributed by atoms with van der Waals surface area (Å²) in [6.07, 6.45) is 1.55. The average Bonchev–Trinajstić information content (AvgIpc) is 3.21. The van der Waals surface area contributed by atoms with Gasteiger partial charge in [-0.05, 0) is 80.4 Å². The first-order chi connectivity index (χ1) is 20.0. The van der Waals surface area contributed by atoms with Gasteiger partial charge >= 0.3 is 11.9 Å². The van der Waals surface area contributed by atoms with E-state index in [-0.39, 0.29) is 29.6 Å². The van der Waals surface area contributed by atoms with Crippen LogP contribution >= 0.6 is 27.3 Å². The van der Waals surface area contributed by atoms with E-state index >= 15 is 0 Å². The molecule has 2 aromatic carbocycles. The number of rotatable bonds is 11. The highest BCUT2D eigenvalue weighted by atomic mass is 79.9. The van der Waals surface area contributed by atoms with Crippen LogP contribution in [0, 0.1) is 0 Å². The molecule has 1 N–H and O–H groups in total. The number of hydrogen-bond acceptors (Lipinski definition) is 9. The summed E-state index contributed by atoms with van der Waals surface area (Å²) in [5, 5.41) is 9.04. The van der Waals surface area contributed by atoms with E-state index in [1.54, 1.807) is 39.0 Å². The van der Waals surface area contributed by atoms with Crippen molar-refractivity contribution in [2.75, 3.05) is 19.8 Å². The number of para-hydroxylation sites is 1. The van der Waals surface area contributed by atoms with Crippen molar-refractivity contribution in [3.05, 3.63) is 83.0 Å². The van der Waals surface area contributed by atoms with Gasteiger partial charge in [0.15, 0.2) is 22.9 Å². The predicted octanol–water partition coefficient (Wildman–Crippen LogP) is 4.21. The Balaban J connectivity index is 1.92. The first-order valence-electron chi connectivity index (χ1n) is 13.3. The minimum Gasteiger partial charge on any atom is -0.491 e. The Morgan fingerprint density at radius 1 is 1.14 bits per heavy atom. The number of hydrogen-bond donors (Lipinski definition) is 1. The van der Waals surface area contributed by atoms with E-state index in [0.717, 1.165) is 0 Å². The lowest BCUT2D eigenvalue weighted by molar-refractivity contribution is -0.140. The number of carbonyl (C=O) groups excluding carboxylic acids is 1. The van der Waals surface area contributed by atoms with Crippen molar-refractivity contribution >= 4 is 45.3 Å². The summed E-state index contributed by atoms with van der Waals surface area (Å²) in [6.45, 7) is 8.99. The van der Waals surface area contributed by atoms with Crippen molar-refractivity contribution in [2.24, 2.45) is 4.99 Å². The van der Waals surface area contributed by atoms with Crippen LogP contribution in [0.1, 0.15) is 51.8 Å². The molecule has 0 amide bonds. The highest BCUT2D eigenvalue weighted by molar-refractivity contribution is 9.10. The Kier molecular flexibility index (Phi) is 9.89. The summed E-state index contributed by atoms with van der Waals surface area (Å²) < 4.78 is 24.9. The van der Waals surface area contributed by atoms with Crippen LogP contribution in [0.2, 0.25) is 0 Å². The van der Waals surface area contributed by atoms with Crippen molar-refractivity contribution in [3.63, 3.8) is 0 Å². The molecule has 1 atom stereocenters. The molecular formula is C30H31BrN2O8S. The molecule has 1 aliphatic rings. The molecule has 0 bridgehead atoms. The number of nitrogens with zero attached hydrogens (tertiary/aromatic N) is 2. The van der Waals surface area contributed by atoms with Crippen LogP contribution in [0.15, 0.2) is 61.9 Å². The number of allylic oxidation sites excluding steroid dienone is 1. The molecular weight excluding hydrogens is 628 g/mol. The molecule has 12 heteroatoms. The van der Waals surface area contributed by atoms with Gasteiger partial charge in [0.2, 0.25) is 0 Å². The van der Waals surface area contributed by atoms with Gasteiger partial charge in [0.1, 0.15) is 11.8 Å². The largest absolute Gasteiger partial charge is 0.491 e. The maximum atomic E-state index is 14.0. The van der Waals surface area contributed by atoms with Crippen molar-refractivity contribution < 1.29 is 33.6 Å². The summed E-state index contributed by atoms with van der Waals surface area (Å²) in [5.74, 6) is -0.563. The van der Waals surface area contributed by atoms with Gasteiger partial charge in [-0.3, -0.25) is 9.36 Å². The number of carbonyl (C=O) groups is 2. The number of aromatic nitrogens is 1. The van der Waals surface area contributed by atoms with E-state index in [1.807, 2.05) is 38.1 Å². The number of benzene rings is 2. The van der Waals surface area contributed by atoms with Crippen LogP contribution in [0.25, 0.3) is 6.08 Å². The number of carboxylic acid groups (broad SMARTS) is 1. The lowest BCUT2D eigenvalue weighted by Crippen LogP contribution is -2.40. The minimum absolute atomic E-state index is 0.140. The van der Waals surface area contributed by atoms with Gasteiger partial charge in [-0.15, -0.1) is 0 Å². The average molecular weight is 660 g/mol. The zero-order valence-corrected chi connectivity index (χ0v) is 26.2. The topological polar surface area (TPSA) is 126 Å². The molecule has 222 valence electrons. The summed E-state index contributed by atoms with van der Waals surface area (Å²) in [5.41, 5.74) is 1.61. The third-order valence-electron chi connectivity index (χ3n) is 6.06. The number of halogens is 1. The van der Waals surface area contributed by atoms with Crippen molar-refractivity contribution in [1.29, 1.82) is 0 Å². The standard InChI is InChI=1S/C30H31BrN2O8S/c1-6-38-22-13-18(12-20(31)27(22)40-15-24(34)35)14-23-28(36)33-26(19-10-8-9-11-21(19)41-16(3)4)25(29(37)39-7-2)17(5)32-30(33)42-23/h8-14,16,26H,6-7,15H2,1-5H3,(H,34,35)/b23-14+/t26-/m0/s1. The van der Waals surface area contributed by atoms with Crippen molar-refractivity contribution in [3.8, 4) is 17.2 Å². The smallest absolute Gasteiger partial charge is 0.341 e. The highest BCUT2D eigenvalue weighted by Gasteiger charge is 2.35. The molecule has 0 spiro atoms. The first-order valence-corrected chi connectivity index (χ1v) is 14.9. The van der Waals surface area contributed by atoms with Gasteiger partial charge in [0.05, 0.1) is 39.6 Å². The quantitative estimate of drug-likeness (QED) is 0.304. The van der Waals surface area contributed by atoms with Gasteiger partial charge in [0.25, 0.3) is 5.56 Å². The maximum Gasteiger partial charge on any atom is 0.341 e. The molecule has 1 aliphatic heterocycles. The summed E-state index contributed by atoms with van der Waals surface area (Å²) >= 11 is 4.62. The third kappa shape index (κ3) is 6.60. The van der Waals surface area contributed by atoms with E-state index in [1.165, 1.54) is 15.9 Å². The fourth-order valence-electron chi connectivity index (χ4n) is 4.51. The molecule has 0 fully saturated rings. The molecule has 0 radical (unpaired) electrons. The second-order valence-corrected chi connectivity index (χ2v) is 11.3. The van der Waals surface area contributed by atoms with Crippen LogP contribution in [0.4, 0.5) is 0 Å². The molecule has 3 aromatic rings. The molecule has 10 nitrogen and oxygen atoms in total. The normalized spacial score (nSPS) is 14.8. The second kappa shape index (κ2) is 13.4. The number of fused-ring (bicyclic) bond motifs is 1. The molecule has 4 rings (SSSR count). The zero-order chi connectivity index (χ0) is 30.6. The summed E-state index contributed by atoms with van der Waals surface area (Å²) in [4.78, 5) is 43.4. The molecule has 1 aromatic heterocycles. The molecule has 0 saturated carbocycles. The molecule has 2 heterocycles. The Morgan fingerprint density at radius 3 is 2.55 bits per heavy atom. The second-order valence-electron chi connectivity index (χ2n) is 9.45. The number of thiazole rings is 1. The monoisotopic (exact) mass is 658 g/mol. The van der Waals surface area contributed by atoms with E-state index < -0.39 is 24.6 Å². The van der Waals surface area contributed by atoms with Gasteiger partial charge < -0.3 is 24.1 Å². The van der Waals surface area contributed by atoms with Gasteiger partial charge in [-0.1, -0.05) is 29.5 Å². The third-order valence-corrected chi connectivity index (χ3v) is 7.63. The maximum absolute atomic E-state index is 14.0. The molecule has 42 heavy (non-hydrogen) atoms. The van der Waals surface area contributed by atoms with Gasteiger partial charge in [0, 0.05) is 5.56 Å². The fraction of sp³-hybridized carbons (Fsp3) is 0.333.